The number of hydrogen-bond acceptors (Lipinski definition) is 12. The Labute approximate surface area is 355 Å². The highest BCUT2D eigenvalue weighted by atomic mass is 35.7. The van der Waals surface area contributed by atoms with Crippen LogP contribution in [0.25, 0.3) is 0 Å². The highest BCUT2D eigenvalue weighted by Gasteiger charge is 2.21. The highest BCUT2D eigenvalue weighted by molar-refractivity contribution is 8.13. The molecular formula is C35H60Cl4N6O8S3. The zero-order valence-corrected chi connectivity index (χ0v) is 38.0. The van der Waals surface area contributed by atoms with E-state index in [1.165, 1.54) is 30.6 Å². The number of nitrogens with zero attached hydrogens (tertiary/aromatic N) is 2. The second kappa shape index (κ2) is 29.0. The van der Waals surface area contributed by atoms with E-state index in [2.05, 4.69) is 82.4 Å². The van der Waals surface area contributed by atoms with Gasteiger partial charge in [0.25, 0.3) is 0 Å². The maximum Gasteiger partial charge on any atom is 0.405 e. The van der Waals surface area contributed by atoms with Crippen LogP contribution in [0.5, 0.6) is 0 Å². The number of sulfonamides is 2. The van der Waals surface area contributed by atoms with Crippen LogP contribution < -0.4 is 20.5 Å². The van der Waals surface area contributed by atoms with Gasteiger partial charge in [-0.3, -0.25) is 9.80 Å². The largest absolute Gasteiger partial charge is 0.434 e. The van der Waals surface area contributed by atoms with Gasteiger partial charge in [-0.25, -0.2) is 39.5 Å². The normalized spacial score (nSPS) is 18.0. The van der Waals surface area contributed by atoms with Crippen molar-refractivity contribution < 1.29 is 34.8 Å². The molecular weight excluding hydrogens is 870 g/mol. The van der Waals surface area contributed by atoms with Crippen LogP contribution in [-0.4, -0.2) is 122 Å². The number of hydrogen-bond donors (Lipinski definition) is 4. The Hall–Kier alpha value is -1.32. The quantitative estimate of drug-likeness (QED) is 0.201. The van der Waals surface area contributed by atoms with Gasteiger partial charge < -0.3 is 15.8 Å². The second-order valence-electron chi connectivity index (χ2n) is 13.5. The predicted octanol–water partition coefficient (Wildman–Crippen LogP) is 4.65. The fourth-order valence-electron chi connectivity index (χ4n) is 5.68. The van der Waals surface area contributed by atoms with Crippen molar-refractivity contribution in [3.63, 3.8) is 0 Å². The topological polar surface area (TPSA) is 197 Å². The minimum absolute atomic E-state index is 0. The van der Waals surface area contributed by atoms with Crippen molar-refractivity contribution in [3.8, 4) is 0 Å². The van der Waals surface area contributed by atoms with E-state index >= 15 is 0 Å². The van der Waals surface area contributed by atoms with E-state index in [0.29, 0.717) is 6.04 Å². The molecule has 0 radical (unpaired) electrons. The average molecular weight is 931 g/mol. The number of alkyl halides is 1. The zero-order valence-electron chi connectivity index (χ0n) is 32.5. The maximum atomic E-state index is 11.1. The van der Waals surface area contributed by atoms with Gasteiger partial charge in [0, 0.05) is 66.6 Å². The number of carbonyl (C=O) groups excluding carboxylic acids is 1. The standard InChI is InChI=1S/C13H20N2O2S.C12H18N2.C6H14N2O2S.C3H4Cl2O2.CH3ClO2S.ClH/c1-18(16,17)14-13-7-9-15(10-8-13)11-12-5-3-2-4-6-12;13-12-6-8-14(9-7-12)10-11-4-2-1-3-5-11;1-11(9,10)8-6-2-4-7-5-3-6;1-2(4)7-3(5)6;1-5(2,3)4;/h2-6,13-14H,7-11H2,1H3;1-5,12H,6-10,13H2;6-8H,2-5H2,1H3;2H,1H3;1H3;1H. The molecule has 324 valence electrons. The molecule has 2 aromatic rings. The molecule has 0 amide bonds. The van der Waals surface area contributed by atoms with E-state index in [4.69, 9.17) is 28.9 Å². The van der Waals surface area contributed by atoms with Crippen LogP contribution in [0.3, 0.4) is 0 Å². The molecule has 2 aromatic carbocycles. The van der Waals surface area contributed by atoms with E-state index in [-0.39, 0.29) is 24.5 Å². The van der Waals surface area contributed by atoms with Crippen LogP contribution in [0, 0.1) is 0 Å². The Morgan fingerprint density at radius 3 is 1.39 bits per heavy atom. The molecule has 5 rings (SSSR count). The van der Waals surface area contributed by atoms with Gasteiger partial charge in [-0.15, -0.1) is 12.4 Å². The van der Waals surface area contributed by atoms with Crippen molar-refractivity contribution in [3.05, 3.63) is 71.8 Å². The average Bonchev–Trinajstić information content (AvgIpc) is 3.06. The van der Waals surface area contributed by atoms with E-state index in [1.807, 2.05) is 18.2 Å². The molecule has 3 aliphatic heterocycles. The molecule has 56 heavy (non-hydrogen) atoms. The maximum absolute atomic E-state index is 11.1. The smallest absolute Gasteiger partial charge is 0.405 e. The fraction of sp³-hybridized carbons (Fsp3) is 0.629. The third kappa shape index (κ3) is 33.6. The summed E-state index contributed by atoms with van der Waals surface area (Å²) >= 11 is 9.87. The van der Waals surface area contributed by atoms with Gasteiger partial charge in [0.05, 0.1) is 18.8 Å². The first-order valence-electron chi connectivity index (χ1n) is 17.9. The summed E-state index contributed by atoms with van der Waals surface area (Å²) in [6.45, 7) is 9.54. The molecule has 0 spiro atoms. The number of nitrogens with one attached hydrogen (secondary N) is 3. The van der Waals surface area contributed by atoms with Crippen molar-refractivity contribution in [2.45, 2.75) is 82.2 Å². The third-order valence-corrected chi connectivity index (χ3v) is 9.77. The number of piperidine rings is 3. The number of ether oxygens (including phenoxy) is 1. The Bertz CT molecular complexity index is 1660. The first kappa shape index (κ1) is 54.7. The Morgan fingerprint density at radius 1 is 0.750 bits per heavy atom. The molecule has 3 fully saturated rings. The summed E-state index contributed by atoms with van der Waals surface area (Å²) in [5, 5.41) is 3.17. The summed E-state index contributed by atoms with van der Waals surface area (Å²) in [7, 11) is -4.76. The molecule has 3 aliphatic rings. The molecule has 14 nitrogen and oxygen atoms in total. The molecule has 1 unspecified atom stereocenters. The predicted molar refractivity (Wildman–Crippen MR) is 231 cm³/mol. The lowest BCUT2D eigenvalue weighted by molar-refractivity contribution is 0.166. The van der Waals surface area contributed by atoms with E-state index in [0.717, 1.165) is 97.1 Å². The summed E-state index contributed by atoms with van der Waals surface area (Å²) in [4.78, 5) is 14.6. The van der Waals surface area contributed by atoms with Crippen LogP contribution in [0.15, 0.2) is 60.7 Å². The Morgan fingerprint density at radius 2 is 1.09 bits per heavy atom. The molecule has 0 aromatic heterocycles. The summed E-state index contributed by atoms with van der Waals surface area (Å²) < 4.78 is 72.0. The summed E-state index contributed by atoms with van der Waals surface area (Å²) in [5.74, 6) is 0. The van der Waals surface area contributed by atoms with Crippen molar-refractivity contribution in [2.24, 2.45) is 5.73 Å². The lowest BCUT2D eigenvalue weighted by Gasteiger charge is -2.31. The first-order chi connectivity index (χ1) is 25.6. The third-order valence-electron chi connectivity index (χ3n) is 8.07. The molecule has 0 bridgehead atoms. The number of nitrogens with two attached hydrogens (primary N) is 1. The molecule has 3 saturated heterocycles. The summed E-state index contributed by atoms with van der Waals surface area (Å²) in [6, 6.07) is 21.7. The number of halogens is 4. The van der Waals surface area contributed by atoms with Crippen LogP contribution in [0.2, 0.25) is 0 Å². The summed E-state index contributed by atoms with van der Waals surface area (Å²) in [6.07, 6.45) is 9.21. The van der Waals surface area contributed by atoms with Gasteiger partial charge in [0.1, 0.15) is 0 Å². The Kier molecular flexibility index (Phi) is 28.3. The van der Waals surface area contributed by atoms with Crippen molar-refractivity contribution in [1.82, 2.24) is 24.6 Å². The SMILES string of the molecule is CC(Cl)OC(=O)Cl.CS(=O)(=O)Cl.CS(=O)(=O)NC1CCN(Cc2ccccc2)CC1.CS(=O)(=O)NC1CCNCC1.Cl.NC1CCN(Cc2ccccc2)CC1. The Balaban J connectivity index is 0.000000716. The lowest BCUT2D eigenvalue weighted by atomic mass is 10.1. The zero-order chi connectivity index (χ0) is 41.5. The first-order valence-corrected chi connectivity index (χ1v) is 25.2. The lowest BCUT2D eigenvalue weighted by Crippen LogP contribution is -2.43. The van der Waals surface area contributed by atoms with Gasteiger partial charge in [0.15, 0.2) is 5.56 Å². The minimum atomic E-state index is -3.19. The van der Waals surface area contributed by atoms with Crippen LogP contribution in [0.4, 0.5) is 4.79 Å². The van der Waals surface area contributed by atoms with Crippen LogP contribution in [-0.2, 0) is 46.9 Å². The van der Waals surface area contributed by atoms with Crippen LogP contribution >= 0.6 is 46.3 Å². The van der Waals surface area contributed by atoms with Gasteiger partial charge >= 0.3 is 5.43 Å². The monoisotopic (exact) mass is 928 g/mol. The van der Waals surface area contributed by atoms with Gasteiger partial charge in [0.2, 0.25) is 29.1 Å². The van der Waals surface area contributed by atoms with E-state index in [1.54, 1.807) is 0 Å². The number of benzene rings is 2. The van der Waals surface area contributed by atoms with Gasteiger partial charge in [-0.1, -0.05) is 72.3 Å². The highest BCUT2D eigenvalue weighted by Crippen LogP contribution is 2.15. The molecule has 0 aliphatic carbocycles. The molecule has 3 heterocycles. The van der Waals surface area contributed by atoms with Crippen molar-refractivity contribution >= 4 is 80.8 Å². The van der Waals surface area contributed by atoms with E-state index < -0.39 is 40.1 Å². The van der Waals surface area contributed by atoms with Crippen molar-refractivity contribution in [2.75, 3.05) is 58.0 Å². The molecule has 21 heteroatoms. The van der Waals surface area contributed by atoms with Gasteiger partial charge in [-0.05, 0) is 82.8 Å². The summed E-state index contributed by atoms with van der Waals surface area (Å²) in [5.41, 5.74) is 7.07. The number of likely N-dealkylation sites (tertiary alicyclic amines) is 2. The minimum Gasteiger partial charge on any atom is -0.434 e. The number of carbonyl (C=O) groups is 1. The van der Waals surface area contributed by atoms with Gasteiger partial charge in [-0.2, -0.15) is 0 Å². The fourth-order valence-corrected chi connectivity index (χ4v) is 7.62. The second-order valence-corrected chi connectivity index (χ2v) is 21.0. The van der Waals surface area contributed by atoms with Crippen molar-refractivity contribution in [1.29, 1.82) is 0 Å². The molecule has 1 atom stereocenters. The molecule has 5 N–H and O–H groups in total. The van der Waals surface area contributed by atoms with E-state index in [9.17, 15) is 30.0 Å². The van der Waals surface area contributed by atoms with Crippen LogP contribution in [0.1, 0.15) is 56.6 Å². The number of rotatable bonds is 9. The molecule has 0 saturated carbocycles.